The summed E-state index contributed by atoms with van der Waals surface area (Å²) < 4.78 is 18.9. The highest BCUT2D eigenvalue weighted by atomic mass is 35.5. The minimum absolute atomic E-state index is 0.0588. The number of amidine groups is 1. The van der Waals surface area contributed by atoms with E-state index >= 15 is 0 Å². The van der Waals surface area contributed by atoms with Gasteiger partial charge in [-0.25, -0.2) is 9.37 Å². The maximum absolute atomic E-state index is 13.2. The van der Waals surface area contributed by atoms with Gasteiger partial charge in [0.05, 0.1) is 31.4 Å². The van der Waals surface area contributed by atoms with Crippen LogP contribution < -0.4 is 9.47 Å². The first-order valence-corrected chi connectivity index (χ1v) is 12.7. The van der Waals surface area contributed by atoms with E-state index in [1.807, 2.05) is 24.6 Å². The Morgan fingerprint density at radius 1 is 1.26 bits per heavy atom. The van der Waals surface area contributed by atoms with E-state index in [4.69, 9.17) is 25.8 Å². The number of hydrogen-bond acceptors (Lipinski definition) is 8. The molecule has 1 aromatic carbocycles. The normalized spacial score (nSPS) is 25.3. The summed E-state index contributed by atoms with van der Waals surface area (Å²) >= 11 is 7.48. The van der Waals surface area contributed by atoms with Crippen LogP contribution in [-0.2, 0) is 16.0 Å². The van der Waals surface area contributed by atoms with Gasteiger partial charge in [0.25, 0.3) is 0 Å². The van der Waals surface area contributed by atoms with Gasteiger partial charge >= 0.3 is 11.1 Å². The Bertz CT molecular complexity index is 1070. The molecule has 2 atom stereocenters. The topological polar surface area (TPSA) is 92.7 Å². The summed E-state index contributed by atoms with van der Waals surface area (Å²) in [6, 6.07) is 3.60. The SMILES string of the molecule is COc1cc(OC)c(CCC2(C3CCCC3)CC(O)=C(SC3=[N+](C)C(C)N=N3)C(=O)O2)cc1Cl. The van der Waals surface area contributed by atoms with Gasteiger partial charge in [0.2, 0.25) is 6.17 Å². The summed E-state index contributed by atoms with van der Waals surface area (Å²) in [7, 11) is 5.02. The molecule has 1 aromatic rings. The van der Waals surface area contributed by atoms with Gasteiger partial charge in [-0.15, -0.1) is 0 Å². The first-order valence-electron chi connectivity index (χ1n) is 11.5. The Morgan fingerprint density at radius 3 is 2.56 bits per heavy atom. The number of carbonyl (C=O) groups is 1. The zero-order chi connectivity index (χ0) is 24.5. The Morgan fingerprint density at radius 2 is 1.97 bits per heavy atom. The van der Waals surface area contributed by atoms with Gasteiger partial charge in [-0.3, -0.25) is 0 Å². The van der Waals surface area contributed by atoms with Crippen LogP contribution in [0.3, 0.4) is 0 Å². The Hall–Kier alpha value is -2.26. The number of methoxy groups -OCH3 is 2. The van der Waals surface area contributed by atoms with Crippen LogP contribution in [0.1, 0.15) is 51.0 Å². The highest BCUT2D eigenvalue weighted by Crippen LogP contribution is 2.48. The molecule has 1 aliphatic carbocycles. The summed E-state index contributed by atoms with van der Waals surface area (Å²) in [6.07, 6.45) is 5.43. The van der Waals surface area contributed by atoms with E-state index < -0.39 is 11.6 Å². The van der Waals surface area contributed by atoms with Crippen LogP contribution in [0.5, 0.6) is 11.5 Å². The molecule has 0 amide bonds. The maximum atomic E-state index is 13.2. The van der Waals surface area contributed by atoms with Crippen molar-refractivity contribution in [3.05, 3.63) is 33.4 Å². The lowest BCUT2D eigenvalue weighted by atomic mass is 9.77. The van der Waals surface area contributed by atoms with Crippen LogP contribution in [0.4, 0.5) is 0 Å². The number of carbonyl (C=O) groups excluding carboxylic acids is 1. The number of rotatable bonds is 7. The van der Waals surface area contributed by atoms with Crippen molar-refractivity contribution in [2.45, 2.75) is 63.6 Å². The van der Waals surface area contributed by atoms with Gasteiger partial charge in [-0.1, -0.05) is 24.4 Å². The monoisotopic (exact) mass is 508 g/mol. The molecule has 10 heteroatoms. The molecular weight excluding hydrogens is 478 g/mol. The van der Waals surface area contributed by atoms with Gasteiger partial charge < -0.3 is 19.3 Å². The number of aliphatic hydroxyl groups excluding tert-OH is 1. The Labute approximate surface area is 209 Å². The first kappa shape index (κ1) is 24.9. The van der Waals surface area contributed by atoms with Crippen molar-refractivity contribution in [2.75, 3.05) is 21.3 Å². The van der Waals surface area contributed by atoms with Crippen LogP contribution in [0, 0.1) is 5.92 Å². The lowest BCUT2D eigenvalue weighted by molar-refractivity contribution is -0.524. The number of nitrogens with zero attached hydrogens (tertiary/aromatic N) is 3. The number of ether oxygens (including phenoxy) is 3. The number of azo groups is 1. The molecule has 1 N–H and O–H groups in total. The van der Waals surface area contributed by atoms with Crippen LogP contribution in [0.25, 0.3) is 0 Å². The van der Waals surface area contributed by atoms with E-state index in [0.717, 1.165) is 43.0 Å². The van der Waals surface area contributed by atoms with Crippen molar-refractivity contribution in [1.29, 1.82) is 0 Å². The Kier molecular flexibility index (Phi) is 7.42. The molecule has 8 nitrogen and oxygen atoms in total. The van der Waals surface area contributed by atoms with E-state index in [1.54, 1.807) is 20.3 Å². The zero-order valence-corrected chi connectivity index (χ0v) is 21.5. The second kappa shape index (κ2) is 10.2. The molecule has 2 heterocycles. The lowest BCUT2D eigenvalue weighted by Crippen LogP contribution is -2.46. The van der Waals surface area contributed by atoms with E-state index in [9.17, 15) is 9.90 Å². The molecule has 3 aliphatic rings. The summed E-state index contributed by atoms with van der Waals surface area (Å²) in [5.74, 6) is 0.951. The second-order valence-electron chi connectivity index (χ2n) is 9.03. The van der Waals surface area contributed by atoms with E-state index in [1.165, 1.54) is 0 Å². The predicted molar refractivity (Wildman–Crippen MR) is 131 cm³/mol. The standard InChI is InChI=1S/C24H30ClN3O5S/c1-14-26-27-23(28(14)2)34-21-18(29)13-24(33-22(21)30,16-7-5-6-8-16)10-9-15-11-17(25)20(32-4)12-19(15)31-3/h11-12,14,16H,5-10,13H2,1-4H3/p+1. The minimum atomic E-state index is -0.778. The molecule has 0 saturated heterocycles. The van der Waals surface area contributed by atoms with Gasteiger partial charge in [0, 0.05) is 31.2 Å². The number of aryl methyl sites for hydroxylation is 1. The fourth-order valence-corrected chi connectivity index (χ4v) is 6.11. The highest BCUT2D eigenvalue weighted by Gasteiger charge is 2.49. The first-order chi connectivity index (χ1) is 16.3. The predicted octanol–water partition coefficient (Wildman–Crippen LogP) is 5.48. The smallest absolute Gasteiger partial charge is 0.387 e. The van der Waals surface area contributed by atoms with Crippen molar-refractivity contribution in [3.63, 3.8) is 0 Å². The molecule has 4 rings (SSSR count). The molecule has 34 heavy (non-hydrogen) atoms. The fraction of sp³-hybridized carbons (Fsp3) is 0.583. The molecule has 1 fully saturated rings. The number of benzene rings is 1. The van der Waals surface area contributed by atoms with Gasteiger partial charge in [0.1, 0.15) is 27.8 Å². The van der Waals surface area contributed by atoms with Crippen LogP contribution in [-0.4, -0.2) is 53.9 Å². The number of halogens is 1. The lowest BCUT2D eigenvalue weighted by Gasteiger charge is -2.41. The number of esters is 1. The minimum Gasteiger partial charge on any atom is -0.511 e. The maximum Gasteiger partial charge on any atom is 0.387 e. The summed E-state index contributed by atoms with van der Waals surface area (Å²) in [5.41, 5.74) is 0.128. The Balaban J connectivity index is 1.61. The van der Waals surface area contributed by atoms with Crippen molar-refractivity contribution in [3.8, 4) is 11.5 Å². The second-order valence-corrected chi connectivity index (χ2v) is 10.4. The number of cyclic esters (lactones) is 1. The average molecular weight is 509 g/mol. The zero-order valence-electron chi connectivity index (χ0n) is 20.0. The third-order valence-corrected chi connectivity index (χ3v) is 8.50. The van der Waals surface area contributed by atoms with Crippen LogP contribution in [0.2, 0.25) is 5.02 Å². The van der Waals surface area contributed by atoms with Crippen molar-refractivity contribution >= 4 is 34.5 Å². The van der Waals surface area contributed by atoms with E-state index in [0.29, 0.717) is 34.5 Å². The number of thioether (sulfide) groups is 1. The molecule has 0 spiro atoms. The average Bonchev–Trinajstić information content (AvgIpc) is 3.47. The van der Waals surface area contributed by atoms with Crippen LogP contribution >= 0.6 is 23.4 Å². The summed E-state index contributed by atoms with van der Waals surface area (Å²) in [6.45, 7) is 1.91. The fourth-order valence-electron chi connectivity index (χ4n) is 4.96. The molecular formula is C24H31ClN3O5S+. The van der Waals surface area contributed by atoms with Gasteiger partial charge in [-0.05, 0) is 48.3 Å². The van der Waals surface area contributed by atoms with Crippen molar-refractivity contribution in [2.24, 2.45) is 16.1 Å². The van der Waals surface area contributed by atoms with E-state index in [-0.39, 0.29) is 29.2 Å². The summed E-state index contributed by atoms with van der Waals surface area (Å²) in [4.78, 5) is 13.4. The highest BCUT2D eigenvalue weighted by molar-refractivity contribution is 8.17. The van der Waals surface area contributed by atoms with Crippen LogP contribution in [0.15, 0.2) is 33.0 Å². The van der Waals surface area contributed by atoms with Crippen molar-refractivity contribution in [1.82, 2.24) is 0 Å². The van der Waals surface area contributed by atoms with Gasteiger partial charge in [0.15, 0.2) is 0 Å². The third-order valence-electron chi connectivity index (χ3n) is 7.05. The summed E-state index contributed by atoms with van der Waals surface area (Å²) in [5, 5.41) is 20.4. The number of hydrogen-bond donors (Lipinski definition) is 1. The van der Waals surface area contributed by atoms with E-state index in [2.05, 4.69) is 10.2 Å². The van der Waals surface area contributed by atoms with Crippen molar-refractivity contribution < 1.29 is 28.7 Å². The van der Waals surface area contributed by atoms with Gasteiger partial charge in [-0.2, -0.15) is 0 Å². The third kappa shape index (κ3) is 4.77. The molecule has 0 radical (unpaired) electrons. The largest absolute Gasteiger partial charge is 0.511 e. The molecule has 1 saturated carbocycles. The quantitative estimate of drug-likeness (QED) is 0.387. The molecule has 2 unspecified atom stereocenters. The molecule has 184 valence electrons. The number of aliphatic hydroxyl groups is 1. The molecule has 0 bridgehead atoms. The molecule has 0 aromatic heterocycles. The molecule has 2 aliphatic heterocycles.